The van der Waals surface area contributed by atoms with Gasteiger partial charge in [0, 0.05) is 18.3 Å². The van der Waals surface area contributed by atoms with Gasteiger partial charge in [0.05, 0.1) is 52.5 Å². The Morgan fingerprint density at radius 3 is 2.67 bits per heavy atom. The summed E-state index contributed by atoms with van der Waals surface area (Å²) in [6, 6.07) is 11.6. The number of aromatic nitrogens is 3. The van der Waals surface area contributed by atoms with Crippen LogP contribution in [0.2, 0.25) is 0 Å². The standard InChI is InChI=1S/C25H24N8O3/c26-7-8-31(17-1-3-18(4-2-17)32-9-10-36-25(32)35)23-12-21(29-15-20(23)24(28)34)22-6-5-19-11-16(13-27)14-30-33(19)22/h5-6,11-12,14-15,17-18H,1-4,8-10H2,(H2,28,34). The molecule has 11 heteroatoms. The molecule has 5 rings (SSSR count). The SMILES string of the molecule is N#CCN(c1cc(-c2ccc3cc(C#N)cnn23)ncc1C(N)=O)C1CCC(N2CCOC2=O)CC1. The van der Waals surface area contributed by atoms with Crippen molar-refractivity contribution < 1.29 is 14.3 Å². The van der Waals surface area contributed by atoms with Crippen LogP contribution in [0, 0.1) is 22.7 Å². The smallest absolute Gasteiger partial charge is 0.410 e. The zero-order valence-corrected chi connectivity index (χ0v) is 19.5. The lowest BCUT2D eigenvalue weighted by Crippen LogP contribution is -2.45. The van der Waals surface area contributed by atoms with Crippen molar-refractivity contribution >= 4 is 23.2 Å². The van der Waals surface area contributed by atoms with E-state index in [1.807, 2.05) is 17.0 Å². The summed E-state index contributed by atoms with van der Waals surface area (Å²) in [4.78, 5) is 32.5. The number of anilines is 1. The molecule has 182 valence electrons. The molecule has 1 saturated carbocycles. The number of amides is 2. The van der Waals surface area contributed by atoms with Crippen molar-refractivity contribution in [2.45, 2.75) is 37.8 Å². The monoisotopic (exact) mass is 484 g/mol. The maximum atomic E-state index is 12.3. The van der Waals surface area contributed by atoms with E-state index in [1.54, 1.807) is 21.5 Å². The predicted molar refractivity (Wildman–Crippen MR) is 129 cm³/mol. The number of hydrogen-bond donors (Lipinski definition) is 1. The van der Waals surface area contributed by atoms with Crippen LogP contribution in [0.25, 0.3) is 16.9 Å². The Bertz CT molecular complexity index is 1410. The average molecular weight is 485 g/mol. The molecular formula is C25H24N8O3. The third-order valence-corrected chi connectivity index (χ3v) is 6.93. The molecule has 0 bridgehead atoms. The number of ether oxygens (including phenoxy) is 1. The topological polar surface area (TPSA) is 154 Å². The van der Waals surface area contributed by atoms with E-state index < -0.39 is 5.91 Å². The second kappa shape index (κ2) is 9.55. The quantitative estimate of drug-likeness (QED) is 0.523. The molecule has 2 amide bonds. The van der Waals surface area contributed by atoms with Gasteiger partial charge in [-0.1, -0.05) is 0 Å². The van der Waals surface area contributed by atoms with Crippen LogP contribution in [-0.4, -0.2) is 63.3 Å². The van der Waals surface area contributed by atoms with Crippen molar-refractivity contribution in [2.24, 2.45) is 5.73 Å². The first-order chi connectivity index (χ1) is 17.5. The van der Waals surface area contributed by atoms with Crippen molar-refractivity contribution in [3.8, 4) is 23.5 Å². The van der Waals surface area contributed by atoms with E-state index in [9.17, 15) is 14.9 Å². The summed E-state index contributed by atoms with van der Waals surface area (Å²) in [5, 5.41) is 23.1. The number of rotatable bonds is 6. The van der Waals surface area contributed by atoms with Gasteiger partial charge >= 0.3 is 6.09 Å². The molecule has 1 saturated heterocycles. The maximum Gasteiger partial charge on any atom is 0.410 e. The minimum absolute atomic E-state index is 0.00625. The number of fused-ring (bicyclic) bond motifs is 1. The normalized spacial score (nSPS) is 19.5. The van der Waals surface area contributed by atoms with E-state index in [-0.39, 0.29) is 30.3 Å². The number of nitrogens with zero attached hydrogens (tertiary/aromatic N) is 7. The molecule has 36 heavy (non-hydrogen) atoms. The zero-order valence-electron chi connectivity index (χ0n) is 19.5. The van der Waals surface area contributed by atoms with Gasteiger partial charge in [0.25, 0.3) is 5.91 Å². The fourth-order valence-electron chi connectivity index (χ4n) is 5.17. The van der Waals surface area contributed by atoms with Crippen molar-refractivity contribution in [1.29, 1.82) is 10.5 Å². The number of nitrogens with two attached hydrogens (primary N) is 1. The minimum Gasteiger partial charge on any atom is -0.448 e. The lowest BCUT2D eigenvalue weighted by Gasteiger charge is -2.39. The number of nitriles is 2. The van der Waals surface area contributed by atoms with E-state index >= 15 is 0 Å². The van der Waals surface area contributed by atoms with Crippen molar-refractivity contribution in [1.82, 2.24) is 19.5 Å². The van der Waals surface area contributed by atoms with Gasteiger partial charge in [-0.3, -0.25) is 9.78 Å². The number of carbonyl (C=O) groups excluding carboxylic acids is 2. The Balaban J connectivity index is 1.48. The van der Waals surface area contributed by atoms with Crippen LogP contribution in [0.15, 0.2) is 36.7 Å². The Morgan fingerprint density at radius 1 is 1.19 bits per heavy atom. The molecule has 1 aliphatic heterocycles. The molecule has 2 fully saturated rings. The third kappa shape index (κ3) is 4.16. The van der Waals surface area contributed by atoms with E-state index in [0.717, 1.165) is 31.2 Å². The molecule has 0 radical (unpaired) electrons. The van der Waals surface area contributed by atoms with Crippen LogP contribution in [0.1, 0.15) is 41.6 Å². The highest BCUT2D eigenvalue weighted by atomic mass is 16.6. The van der Waals surface area contributed by atoms with Crippen LogP contribution in [0.3, 0.4) is 0 Å². The lowest BCUT2D eigenvalue weighted by molar-refractivity contribution is 0.1000. The van der Waals surface area contributed by atoms with Gasteiger partial charge in [-0.2, -0.15) is 15.6 Å². The van der Waals surface area contributed by atoms with Gasteiger partial charge < -0.3 is 20.3 Å². The Morgan fingerprint density at radius 2 is 2.00 bits per heavy atom. The predicted octanol–water partition coefficient (Wildman–Crippen LogP) is 2.46. The van der Waals surface area contributed by atoms with Gasteiger partial charge in [0.2, 0.25) is 0 Å². The summed E-state index contributed by atoms with van der Waals surface area (Å²) in [6.45, 7) is 1.09. The van der Waals surface area contributed by atoms with Gasteiger partial charge in [0.15, 0.2) is 0 Å². The first kappa shape index (κ1) is 23.1. The second-order valence-corrected chi connectivity index (χ2v) is 8.92. The van der Waals surface area contributed by atoms with Gasteiger partial charge in [-0.05, 0) is 49.9 Å². The van der Waals surface area contributed by atoms with Gasteiger partial charge in [-0.25, -0.2) is 9.31 Å². The van der Waals surface area contributed by atoms with Crippen molar-refractivity contribution in [2.75, 3.05) is 24.6 Å². The molecule has 0 unspecified atom stereocenters. The van der Waals surface area contributed by atoms with Gasteiger partial charge in [0.1, 0.15) is 19.2 Å². The Kier molecular flexibility index (Phi) is 6.13. The fourth-order valence-corrected chi connectivity index (χ4v) is 5.17. The summed E-state index contributed by atoms with van der Waals surface area (Å²) in [5.74, 6) is -0.628. The first-order valence-corrected chi connectivity index (χ1v) is 11.7. The average Bonchev–Trinajstić information content (AvgIpc) is 3.52. The molecule has 2 N–H and O–H groups in total. The highest BCUT2D eigenvalue weighted by molar-refractivity contribution is 5.99. The largest absolute Gasteiger partial charge is 0.448 e. The van der Waals surface area contributed by atoms with E-state index in [4.69, 9.17) is 15.7 Å². The highest BCUT2D eigenvalue weighted by Crippen LogP contribution is 2.34. The molecular weight excluding hydrogens is 460 g/mol. The summed E-state index contributed by atoms with van der Waals surface area (Å²) in [7, 11) is 0. The van der Waals surface area contributed by atoms with Crippen molar-refractivity contribution in [3.05, 3.63) is 47.8 Å². The molecule has 3 aromatic heterocycles. The van der Waals surface area contributed by atoms with Crippen LogP contribution in [-0.2, 0) is 4.74 Å². The number of primary amides is 1. The summed E-state index contributed by atoms with van der Waals surface area (Å²) in [6.07, 6.45) is 5.70. The van der Waals surface area contributed by atoms with Crippen molar-refractivity contribution in [3.63, 3.8) is 0 Å². The Hall–Kier alpha value is -4.64. The zero-order chi connectivity index (χ0) is 25.2. The second-order valence-electron chi connectivity index (χ2n) is 8.92. The van der Waals surface area contributed by atoms with Gasteiger partial charge in [-0.15, -0.1) is 0 Å². The maximum absolute atomic E-state index is 12.3. The first-order valence-electron chi connectivity index (χ1n) is 11.7. The minimum atomic E-state index is -0.628. The van der Waals surface area contributed by atoms with Crippen LogP contribution < -0.4 is 10.6 Å². The highest BCUT2D eigenvalue weighted by Gasteiger charge is 2.35. The third-order valence-electron chi connectivity index (χ3n) is 6.93. The number of cyclic esters (lactones) is 1. The molecule has 1 aliphatic carbocycles. The van der Waals surface area contributed by atoms with Crippen LogP contribution in [0.4, 0.5) is 10.5 Å². The number of hydrogen-bond acceptors (Lipinski definition) is 8. The number of carbonyl (C=O) groups is 2. The van der Waals surface area contributed by atoms with E-state index in [2.05, 4.69) is 22.2 Å². The molecule has 0 aromatic carbocycles. The molecule has 0 spiro atoms. The van der Waals surface area contributed by atoms with E-state index in [1.165, 1.54) is 12.4 Å². The molecule has 4 heterocycles. The molecule has 0 atom stereocenters. The van der Waals surface area contributed by atoms with Crippen LogP contribution >= 0.6 is 0 Å². The molecule has 3 aromatic rings. The molecule has 11 nitrogen and oxygen atoms in total. The lowest BCUT2D eigenvalue weighted by atomic mass is 9.88. The Labute approximate surface area is 207 Å². The summed E-state index contributed by atoms with van der Waals surface area (Å²) >= 11 is 0. The fraction of sp³-hybridized carbons (Fsp3) is 0.360. The summed E-state index contributed by atoms with van der Waals surface area (Å²) < 4.78 is 6.76. The van der Waals surface area contributed by atoms with E-state index in [0.29, 0.717) is 35.8 Å². The van der Waals surface area contributed by atoms with Crippen LogP contribution in [0.5, 0.6) is 0 Å². The number of pyridine rings is 1. The summed E-state index contributed by atoms with van der Waals surface area (Å²) in [5.41, 5.74) is 8.90. The molecule has 2 aliphatic rings.